The third kappa shape index (κ3) is 3.76. The zero-order valence-electron chi connectivity index (χ0n) is 17.1. The largest absolute Gasteiger partial charge is 0.369 e. The van der Waals surface area contributed by atoms with Crippen LogP contribution in [0, 0.1) is 5.92 Å². The molecule has 2 heterocycles. The molecular formula is C25H30N4. The molecule has 4 heteroatoms. The molecule has 4 nitrogen and oxygen atoms in total. The number of hydrogen-bond acceptors (Lipinski definition) is 4. The number of nitrogens with zero attached hydrogens (tertiary/aromatic N) is 2. The van der Waals surface area contributed by atoms with Crippen molar-refractivity contribution in [1.82, 2.24) is 15.8 Å². The summed E-state index contributed by atoms with van der Waals surface area (Å²) in [6.45, 7) is 7.82. The number of hydrogen-bond donors (Lipinski definition) is 2. The Morgan fingerprint density at radius 2 is 1.69 bits per heavy atom. The predicted octanol–water partition coefficient (Wildman–Crippen LogP) is 3.82. The minimum Gasteiger partial charge on any atom is -0.369 e. The molecule has 0 aromatic heterocycles. The molecule has 2 saturated heterocycles. The number of rotatable bonds is 4. The lowest BCUT2D eigenvalue weighted by Gasteiger charge is -2.42. The summed E-state index contributed by atoms with van der Waals surface area (Å²) < 4.78 is 0. The number of piperazine rings is 1. The molecule has 2 fully saturated rings. The lowest BCUT2D eigenvalue weighted by molar-refractivity contribution is 0.158. The summed E-state index contributed by atoms with van der Waals surface area (Å²) in [6, 6.07) is 27.1. The van der Waals surface area contributed by atoms with E-state index in [0.29, 0.717) is 18.0 Å². The number of fused-ring (bicyclic) bond motifs is 1. The molecule has 0 aliphatic carbocycles. The van der Waals surface area contributed by atoms with Crippen LogP contribution in [0.3, 0.4) is 0 Å². The second kappa shape index (κ2) is 8.15. The van der Waals surface area contributed by atoms with E-state index in [1.54, 1.807) is 0 Å². The molecule has 2 aliphatic heterocycles. The molecule has 0 amide bonds. The molecule has 29 heavy (non-hydrogen) atoms. The minimum absolute atomic E-state index is 0.348. The fraction of sp³-hybridized carbons (Fsp3) is 0.360. The number of benzene rings is 3. The van der Waals surface area contributed by atoms with Gasteiger partial charge in [0.2, 0.25) is 0 Å². The second-order valence-electron chi connectivity index (χ2n) is 8.46. The lowest BCUT2D eigenvalue weighted by atomic mass is 9.90. The van der Waals surface area contributed by atoms with Crippen molar-refractivity contribution < 1.29 is 0 Å². The summed E-state index contributed by atoms with van der Waals surface area (Å²) in [7, 11) is 0. The molecule has 3 atom stereocenters. The maximum atomic E-state index is 3.57. The first-order valence-electron chi connectivity index (χ1n) is 10.8. The first kappa shape index (κ1) is 18.6. The minimum atomic E-state index is 0.348. The van der Waals surface area contributed by atoms with E-state index in [2.05, 4.69) is 100 Å². The van der Waals surface area contributed by atoms with Crippen LogP contribution in [0.4, 0.5) is 5.69 Å². The molecule has 0 saturated carbocycles. The zero-order chi connectivity index (χ0) is 19.6. The van der Waals surface area contributed by atoms with Crippen molar-refractivity contribution in [1.29, 1.82) is 0 Å². The maximum Gasteiger partial charge on any atom is 0.0521 e. The van der Waals surface area contributed by atoms with E-state index >= 15 is 0 Å². The first-order valence-corrected chi connectivity index (χ1v) is 10.8. The monoisotopic (exact) mass is 386 g/mol. The van der Waals surface area contributed by atoms with Crippen LogP contribution in [0.25, 0.3) is 10.8 Å². The Kier molecular flexibility index (Phi) is 5.23. The van der Waals surface area contributed by atoms with Crippen LogP contribution < -0.4 is 15.8 Å². The van der Waals surface area contributed by atoms with E-state index < -0.39 is 0 Å². The van der Waals surface area contributed by atoms with Crippen molar-refractivity contribution in [3.63, 3.8) is 0 Å². The fourth-order valence-corrected chi connectivity index (χ4v) is 5.00. The van der Waals surface area contributed by atoms with Crippen molar-refractivity contribution in [2.45, 2.75) is 19.0 Å². The topological polar surface area (TPSA) is 30.5 Å². The summed E-state index contributed by atoms with van der Waals surface area (Å²) in [5.41, 5.74) is 9.76. The van der Waals surface area contributed by atoms with Gasteiger partial charge in [0, 0.05) is 50.4 Å². The average Bonchev–Trinajstić information content (AvgIpc) is 3.23. The first-order chi connectivity index (χ1) is 14.3. The van der Waals surface area contributed by atoms with Gasteiger partial charge in [-0.1, -0.05) is 60.7 Å². The number of nitrogens with one attached hydrogen (secondary N) is 2. The SMILES string of the molecule is CC1CN(c2ccccc2)CCN1CC1CNNC1c1cccc2ccccc12. The normalized spacial score (nSPS) is 25.6. The summed E-state index contributed by atoms with van der Waals surface area (Å²) >= 11 is 0. The van der Waals surface area contributed by atoms with Crippen molar-refractivity contribution in [2.24, 2.45) is 5.92 Å². The standard InChI is InChI=1S/C25H30N4/c1-19-17-29(22-10-3-2-4-11-22)15-14-28(19)18-21-16-26-27-25(21)24-13-7-9-20-8-5-6-12-23(20)24/h2-13,19,21,25-27H,14-18H2,1H3. The number of hydrazine groups is 1. The second-order valence-corrected chi connectivity index (χ2v) is 8.46. The molecule has 0 spiro atoms. The third-order valence-electron chi connectivity index (χ3n) is 6.61. The van der Waals surface area contributed by atoms with Gasteiger partial charge in [-0.3, -0.25) is 10.3 Å². The zero-order valence-corrected chi connectivity index (χ0v) is 17.1. The van der Waals surface area contributed by atoms with Gasteiger partial charge in [-0.15, -0.1) is 0 Å². The Hall–Kier alpha value is -2.40. The molecular weight excluding hydrogens is 356 g/mol. The highest BCUT2D eigenvalue weighted by atomic mass is 15.4. The summed E-state index contributed by atoms with van der Waals surface area (Å²) in [6.07, 6.45) is 0. The van der Waals surface area contributed by atoms with Gasteiger partial charge in [0.1, 0.15) is 0 Å². The molecule has 2 N–H and O–H groups in total. The van der Waals surface area contributed by atoms with Gasteiger partial charge >= 0.3 is 0 Å². The van der Waals surface area contributed by atoms with Gasteiger partial charge in [0.05, 0.1) is 6.04 Å². The Balaban J connectivity index is 1.30. The fourth-order valence-electron chi connectivity index (χ4n) is 5.00. The Bertz CT molecular complexity index is 952. The van der Waals surface area contributed by atoms with Crippen LogP contribution >= 0.6 is 0 Å². The lowest BCUT2D eigenvalue weighted by Crippen LogP contribution is -2.53. The molecule has 3 unspecified atom stereocenters. The van der Waals surface area contributed by atoms with Crippen molar-refractivity contribution in [2.75, 3.05) is 37.6 Å². The summed E-state index contributed by atoms with van der Waals surface area (Å²) in [5, 5.41) is 2.69. The van der Waals surface area contributed by atoms with Crippen LogP contribution in [0.2, 0.25) is 0 Å². The smallest absolute Gasteiger partial charge is 0.0521 e. The van der Waals surface area contributed by atoms with Gasteiger partial charge in [0.15, 0.2) is 0 Å². The van der Waals surface area contributed by atoms with Gasteiger partial charge in [-0.05, 0) is 35.4 Å². The van der Waals surface area contributed by atoms with Crippen LogP contribution in [0.5, 0.6) is 0 Å². The van der Waals surface area contributed by atoms with Crippen molar-refractivity contribution >= 4 is 16.5 Å². The van der Waals surface area contributed by atoms with E-state index in [9.17, 15) is 0 Å². The quantitative estimate of drug-likeness (QED) is 0.714. The van der Waals surface area contributed by atoms with E-state index in [1.807, 2.05) is 0 Å². The van der Waals surface area contributed by atoms with Gasteiger partial charge in [-0.25, -0.2) is 5.43 Å². The van der Waals surface area contributed by atoms with Crippen molar-refractivity contribution in [3.05, 3.63) is 78.4 Å². The van der Waals surface area contributed by atoms with E-state index in [0.717, 1.165) is 32.7 Å². The third-order valence-corrected chi connectivity index (χ3v) is 6.61. The predicted molar refractivity (Wildman–Crippen MR) is 121 cm³/mol. The molecule has 3 aromatic carbocycles. The van der Waals surface area contributed by atoms with Crippen LogP contribution in [-0.4, -0.2) is 43.7 Å². The molecule has 0 radical (unpaired) electrons. The highest BCUT2D eigenvalue weighted by Gasteiger charge is 2.33. The van der Waals surface area contributed by atoms with Crippen LogP contribution in [0.1, 0.15) is 18.5 Å². The molecule has 150 valence electrons. The van der Waals surface area contributed by atoms with Gasteiger partial charge in [-0.2, -0.15) is 0 Å². The van der Waals surface area contributed by atoms with E-state index in [4.69, 9.17) is 0 Å². The maximum absolute atomic E-state index is 3.57. The van der Waals surface area contributed by atoms with Crippen LogP contribution in [0.15, 0.2) is 72.8 Å². The van der Waals surface area contributed by atoms with Gasteiger partial charge in [0.25, 0.3) is 0 Å². The Morgan fingerprint density at radius 1 is 0.897 bits per heavy atom. The number of anilines is 1. The average molecular weight is 387 g/mol. The summed E-state index contributed by atoms with van der Waals surface area (Å²) in [4.78, 5) is 5.20. The number of para-hydroxylation sites is 1. The van der Waals surface area contributed by atoms with Gasteiger partial charge < -0.3 is 4.90 Å². The molecule has 3 aromatic rings. The van der Waals surface area contributed by atoms with Crippen LogP contribution in [-0.2, 0) is 0 Å². The summed E-state index contributed by atoms with van der Waals surface area (Å²) in [5.74, 6) is 0.562. The molecule has 0 bridgehead atoms. The highest BCUT2D eigenvalue weighted by molar-refractivity contribution is 5.86. The van der Waals surface area contributed by atoms with E-state index in [-0.39, 0.29) is 0 Å². The Morgan fingerprint density at radius 3 is 2.55 bits per heavy atom. The Labute approximate surface area is 173 Å². The molecule has 2 aliphatic rings. The molecule has 5 rings (SSSR count). The van der Waals surface area contributed by atoms with Crippen molar-refractivity contribution in [3.8, 4) is 0 Å². The van der Waals surface area contributed by atoms with E-state index in [1.165, 1.54) is 22.0 Å². The highest BCUT2D eigenvalue weighted by Crippen LogP contribution is 2.32.